The summed E-state index contributed by atoms with van der Waals surface area (Å²) < 4.78 is 13.2. The van der Waals surface area contributed by atoms with Crippen LogP contribution in [0.3, 0.4) is 0 Å². The van der Waals surface area contributed by atoms with E-state index in [0.717, 1.165) is 27.0 Å². The first-order chi connectivity index (χ1) is 17.0. The first-order valence-corrected chi connectivity index (χ1v) is 12.9. The fourth-order valence-corrected chi connectivity index (χ4v) is 4.57. The molecule has 8 heteroatoms. The number of nitrogens with zero attached hydrogens (tertiary/aromatic N) is 2. The predicted octanol–water partition coefficient (Wildman–Crippen LogP) is 9.28. The standard InChI is InChI=1S/C27H20Br2Cl2N2O2/c1-34-24-15-19(16-32-33(20-8-4-2-5-9-20)21-10-6-3-7-11-21)25(28)26(29)27(24)35-17-18-12-13-22(30)23(31)14-18/h2-16H,17H2,1H3/b32-16-. The highest BCUT2D eigenvalue weighted by Gasteiger charge is 2.17. The minimum absolute atomic E-state index is 0.293. The maximum atomic E-state index is 6.13. The van der Waals surface area contributed by atoms with Crippen molar-refractivity contribution in [2.75, 3.05) is 12.1 Å². The normalized spacial score (nSPS) is 11.0. The largest absolute Gasteiger partial charge is 0.493 e. The third-order valence-corrected chi connectivity index (χ3v) is 7.94. The summed E-state index contributed by atoms with van der Waals surface area (Å²) in [5.74, 6) is 1.12. The van der Waals surface area contributed by atoms with Crippen LogP contribution in [0.25, 0.3) is 0 Å². The molecule has 35 heavy (non-hydrogen) atoms. The monoisotopic (exact) mass is 632 g/mol. The lowest BCUT2D eigenvalue weighted by molar-refractivity contribution is 0.282. The molecule has 0 fully saturated rings. The van der Waals surface area contributed by atoms with Gasteiger partial charge in [0.25, 0.3) is 0 Å². The molecule has 4 aromatic rings. The highest BCUT2D eigenvalue weighted by Crippen LogP contribution is 2.43. The van der Waals surface area contributed by atoms with Gasteiger partial charge in [0.15, 0.2) is 11.5 Å². The van der Waals surface area contributed by atoms with Gasteiger partial charge >= 0.3 is 0 Å². The third kappa shape index (κ3) is 6.19. The van der Waals surface area contributed by atoms with Gasteiger partial charge in [-0.25, -0.2) is 5.01 Å². The van der Waals surface area contributed by atoms with Gasteiger partial charge in [0.1, 0.15) is 6.61 Å². The first kappa shape index (κ1) is 25.6. The fraction of sp³-hybridized carbons (Fsp3) is 0.0741. The molecule has 0 aliphatic heterocycles. The molecular weight excluding hydrogens is 615 g/mol. The zero-order valence-corrected chi connectivity index (χ0v) is 23.3. The first-order valence-electron chi connectivity index (χ1n) is 10.5. The zero-order valence-electron chi connectivity index (χ0n) is 18.6. The van der Waals surface area contributed by atoms with Crippen LogP contribution < -0.4 is 14.5 Å². The van der Waals surface area contributed by atoms with E-state index in [9.17, 15) is 0 Å². The SMILES string of the molecule is COc1cc(/C=N\N(c2ccccc2)c2ccccc2)c(Br)c(Br)c1OCc1ccc(Cl)c(Cl)c1. The summed E-state index contributed by atoms with van der Waals surface area (Å²) in [5, 5.41) is 7.64. The molecule has 0 bridgehead atoms. The van der Waals surface area contributed by atoms with E-state index in [-0.39, 0.29) is 0 Å². The Balaban J connectivity index is 1.64. The van der Waals surface area contributed by atoms with E-state index >= 15 is 0 Å². The van der Waals surface area contributed by atoms with Gasteiger partial charge in [0.2, 0.25) is 0 Å². The molecule has 178 valence electrons. The lowest BCUT2D eigenvalue weighted by Gasteiger charge is -2.20. The Morgan fingerprint density at radius 1 is 0.829 bits per heavy atom. The summed E-state index contributed by atoms with van der Waals surface area (Å²) in [6, 6.07) is 27.2. The molecule has 4 rings (SSSR count). The highest BCUT2D eigenvalue weighted by atomic mass is 79.9. The summed E-state index contributed by atoms with van der Waals surface area (Å²) in [6.07, 6.45) is 1.78. The third-order valence-electron chi connectivity index (χ3n) is 5.06. The topological polar surface area (TPSA) is 34.1 Å². The number of para-hydroxylation sites is 2. The van der Waals surface area contributed by atoms with Crippen molar-refractivity contribution < 1.29 is 9.47 Å². The van der Waals surface area contributed by atoms with Gasteiger partial charge in [-0.2, -0.15) is 5.10 Å². The van der Waals surface area contributed by atoms with Crippen LogP contribution in [-0.4, -0.2) is 13.3 Å². The van der Waals surface area contributed by atoms with E-state index in [0.29, 0.717) is 32.6 Å². The van der Waals surface area contributed by atoms with Crippen molar-refractivity contribution in [2.24, 2.45) is 5.10 Å². The number of anilines is 2. The van der Waals surface area contributed by atoms with Crippen molar-refractivity contribution in [1.82, 2.24) is 0 Å². The average Bonchev–Trinajstić information content (AvgIpc) is 2.89. The van der Waals surface area contributed by atoms with Gasteiger partial charge in [-0.1, -0.05) is 65.7 Å². The van der Waals surface area contributed by atoms with Crippen LogP contribution in [0.5, 0.6) is 11.5 Å². The molecule has 0 unspecified atom stereocenters. The summed E-state index contributed by atoms with van der Waals surface area (Å²) in [4.78, 5) is 0. The van der Waals surface area contributed by atoms with E-state index in [1.54, 1.807) is 25.5 Å². The molecule has 0 N–H and O–H groups in total. The maximum Gasteiger partial charge on any atom is 0.177 e. The van der Waals surface area contributed by atoms with Crippen LogP contribution in [0, 0.1) is 0 Å². The van der Waals surface area contributed by atoms with E-state index in [2.05, 4.69) is 31.9 Å². The average molecular weight is 635 g/mol. The summed E-state index contributed by atoms with van der Waals surface area (Å²) in [5.41, 5.74) is 3.58. The molecule has 4 nitrogen and oxygen atoms in total. The van der Waals surface area contributed by atoms with Crippen molar-refractivity contribution in [3.05, 3.63) is 115 Å². The zero-order chi connectivity index (χ0) is 24.8. The number of methoxy groups -OCH3 is 1. The van der Waals surface area contributed by atoms with Crippen LogP contribution >= 0.6 is 55.1 Å². The number of hydrogen-bond acceptors (Lipinski definition) is 4. The van der Waals surface area contributed by atoms with Crippen LogP contribution in [0.1, 0.15) is 11.1 Å². The molecule has 0 radical (unpaired) electrons. The van der Waals surface area contributed by atoms with Crippen LogP contribution in [-0.2, 0) is 6.61 Å². The Morgan fingerprint density at radius 2 is 1.46 bits per heavy atom. The van der Waals surface area contributed by atoms with Crippen LogP contribution in [0.2, 0.25) is 10.0 Å². The van der Waals surface area contributed by atoms with Gasteiger partial charge < -0.3 is 9.47 Å². The molecule has 0 atom stereocenters. The Morgan fingerprint density at radius 3 is 2.03 bits per heavy atom. The molecule has 0 saturated carbocycles. The number of hydrogen-bond donors (Lipinski definition) is 0. The highest BCUT2D eigenvalue weighted by molar-refractivity contribution is 9.13. The Labute approximate surface area is 231 Å². The van der Waals surface area contributed by atoms with E-state index in [4.69, 9.17) is 37.8 Å². The second kappa shape index (κ2) is 12.0. The summed E-state index contributed by atoms with van der Waals surface area (Å²) >= 11 is 19.5. The van der Waals surface area contributed by atoms with Crippen LogP contribution in [0.15, 0.2) is 99.0 Å². The molecule has 4 aromatic carbocycles. The number of ether oxygens (including phenoxy) is 2. The minimum atomic E-state index is 0.293. The van der Waals surface area contributed by atoms with E-state index < -0.39 is 0 Å². The second-order valence-corrected chi connectivity index (χ2v) is 9.79. The minimum Gasteiger partial charge on any atom is -0.493 e. The predicted molar refractivity (Wildman–Crippen MR) is 152 cm³/mol. The molecule has 0 heterocycles. The molecular formula is C27H20Br2Cl2N2O2. The lowest BCUT2D eigenvalue weighted by atomic mass is 10.2. The maximum absolute atomic E-state index is 6.13. The molecule has 0 saturated heterocycles. The van der Waals surface area contributed by atoms with Crippen molar-refractivity contribution in [2.45, 2.75) is 6.61 Å². The number of benzene rings is 4. The van der Waals surface area contributed by atoms with Gasteiger partial charge in [0, 0.05) is 10.0 Å². The van der Waals surface area contributed by atoms with Crippen molar-refractivity contribution in [3.63, 3.8) is 0 Å². The lowest BCUT2D eigenvalue weighted by Crippen LogP contribution is -2.09. The molecule has 0 aromatic heterocycles. The summed E-state index contributed by atoms with van der Waals surface area (Å²) in [6.45, 7) is 0.293. The Bertz CT molecular complexity index is 1300. The number of halogens is 4. The summed E-state index contributed by atoms with van der Waals surface area (Å²) in [7, 11) is 1.60. The van der Waals surface area contributed by atoms with E-state index in [1.807, 2.05) is 77.8 Å². The van der Waals surface area contributed by atoms with Crippen molar-refractivity contribution >= 4 is 72.7 Å². The molecule has 0 aliphatic rings. The van der Waals surface area contributed by atoms with E-state index in [1.165, 1.54) is 0 Å². The molecule has 0 spiro atoms. The van der Waals surface area contributed by atoms with Crippen molar-refractivity contribution in [3.8, 4) is 11.5 Å². The molecule has 0 aliphatic carbocycles. The number of hydrazone groups is 1. The number of rotatable bonds is 8. The Kier molecular flexibility index (Phi) is 8.74. The van der Waals surface area contributed by atoms with Crippen LogP contribution in [0.4, 0.5) is 11.4 Å². The molecule has 0 amide bonds. The van der Waals surface area contributed by atoms with Gasteiger partial charge in [0.05, 0.1) is 39.2 Å². The Hall–Kier alpha value is -2.51. The fourth-order valence-electron chi connectivity index (χ4n) is 3.31. The van der Waals surface area contributed by atoms with Gasteiger partial charge in [-0.3, -0.25) is 0 Å². The smallest absolute Gasteiger partial charge is 0.177 e. The quantitative estimate of drug-likeness (QED) is 0.143. The van der Waals surface area contributed by atoms with Gasteiger partial charge in [-0.15, -0.1) is 0 Å². The second-order valence-electron chi connectivity index (χ2n) is 7.39. The van der Waals surface area contributed by atoms with Crippen molar-refractivity contribution in [1.29, 1.82) is 0 Å². The van der Waals surface area contributed by atoms with Gasteiger partial charge in [-0.05, 0) is 79.9 Å².